The highest BCUT2D eigenvalue weighted by Gasteiger charge is 2.18. The van der Waals surface area contributed by atoms with E-state index in [2.05, 4.69) is 36.0 Å². The maximum Gasteiger partial charge on any atom is 0.181 e. The third kappa shape index (κ3) is 2.06. The Labute approximate surface area is 89.6 Å². The van der Waals surface area contributed by atoms with Gasteiger partial charge in [0.15, 0.2) is 5.82 Å². The number of hydrogen-bond acceptors (Lipinski definition) is 2. The van der Waals surface area contributed by atoms with Crippen LogP contribution in [0.25, 0.3) is 11.4 Å². The van der Waals surface area contributed by atoms with Gasteiger partial charge in [0.1, 0.15) is 5.82 Å². The standard InChI is InChI=1S/C12H15N3/c1-12(2,3)11-13-10(14-15-11)9-7-5-4-6-8-9/h4-8H,1-3H3,(H,13,14,15). The van der Waals surface area contributed by atoms with Crippen LogP contribution in [0.2, 0.25) is 0 Å². The van der Waals surface area contributed by atoms with Crippen LogP contribution in [0.15, 0.2) is 30.3 Å². The normalized spacial score (nSPS) is 11.7. The lowest BCUT2D eigenvalue weighted by molar-refractivity contribution is 0.548. The lowest BCUT2D eigenvalue weighted by atomic mass is 9.96. The summed E-state index contributed by atoms with van der Waals surface area (Å²) >= 11 is 0. The smallest absolute Gasteiger partial charge is 0.181 e. The molecule has 0 atom stereocenters. The minimum Gasteiger partial charge on any atom is -0.262 e. The van der Waals surface area contributed by atoms with E-state index < -0.39 is 0 Å². The second-order valence-electron chi connectivity index (χ2n) is 4.62. The molecule has 0 amide bonds. The number of nitrogens with zero attached hydrogens (tertiary/aromatic N) is 2. The Morgan fingerprint density at radius 1 is 1.07 bits per heavy atom. The fourth-order valence-electron chi connectivity index (χ4n) is 1.31. The summed E-state index contributed by atoms with van der Waals surface area (Å²) in [6.45, 7) is 6.34. The van der Waals surface area contributed by atoms with Gasteiger partial charge in [0, 0.05) is 11.0 Å². The maximum absolute atomic E-state index is 4.49. The molecule has 0 bridgehead atoms. The fraction of sp³-hybridized carbons (Fsp3) is 0.333. The van der Waals surface area contributed by atoms with Gasteiger partial charge < -0.3 is 0 Å². The molecule has 0 aliphatic heterocycles. The van der Waals surface area contributed by atoms with Crippen molar-refractivity contribution < 1.29 is 0 Å². The van der Waals surface area contributed by atoms with E-state index in [-0.39, 0.29) is 5.41 Å². The van der Waals surface area contributed by atoms with Crippen LogP contribution in [0.4, 0.5) is 0 Å². The van der Waals surface area contributed by atoms with Crippen molar-refractivity contribution >= 4 is 0 Å². The number of nitrogens with one attached hydrogen (secondary N) is 1. The van der Waals surface area contributed by atoms with Gasteiger partial charge in [-0.1, -0.05) is 51.1 Å². The topological polar surface area (TPSA) is 41.6 Å². The van der Waals surface area contributed by atoms with Gasteiger partial charge in [-0.3, -0.25) is 5.10 Å². The first-order valence-corrected chi connectivity index (χ1v) is 5.06. The molecule has 0 radical (unpaired) electrons. The third-order valence-electron chi connectivity index (χ3n) is 2.23. The Balaban J connectivity index is 2.37. The Morgan fingerprint density at radius 2 is 1.73 bits per heavy atom. The zero-order chi connectivity index (χ0) is 10.9. The van der Waals surface area contributed by atoms with Crippen LogP contribution in [0.1, 0.15) is 26.6 Å². The predicted octanol–water partition coefficient (Wildman–Crippen LogP) is 2.77. The first-order chi connectivity index (χ1) is 7.07. The second-order valence-corrected chi connectivity index (χ2v) is 4.62. The number of aromatic amines is 1. The number of rotatable bonds is 1. The predicted molar refractivity (Wildman–Crippen MR) is 60.5 cm³/mol. The molecule has 0 fully saturated rings. The van der Waals surface area contributed by atoms with Crippen LogP contribution >= 0.6 is 0 Å². The molecular formula is C12H15N3. The van der Waals surface area contributed by atoms with E-state index in [1.807, 2.05) is 30.3 Å². The van der Waals surface area contributed by atoms with Gasteiger partial charge in [-0.2, -0.15) is 5.10 Å². The average Bonchev–Trinajstić information content (AvgIpc) is 2.67. The molecule has 3 heteroatoms. The molecular weight excluding hydrogens is 186 g/mol. The molecule has 1 aromatic heterocycles. The lowest BCUT2D eigenvalue weighted by Crippen LogP contribution is -2.13. The minimum absolute atomic E-state index is 0.0139. The van der Waals surface area contributed by atoms with Crippen LogP contribution in [0, 0.1) is 0 Å². The summed E-state index contributed by atoms with van der Waals surface area (Å²) in [5, 5.41) is 7.20. The first-order valence-electron chi connectivity index (χ1n) is 5.06. The van der Waals surface area contributed by atoms with Crippen molar-refractivity contribution in [1.29, 1.82) is 0 Å². The summed E-state index contributed by atoms with van der Waals surface area (Å²) in [6, 6.07) is 9.98. The van der Waals surface area contributed by atoms with E-state index in [1.54, 1.807) is 0 Å². The fourth-order valence-corrected chi connectivity index (χ4v) is 1.31. The summed E-state index contributed by atoms with van der Waals surface area (Å²) in [6.07, 6.45) is 0. The van der Waals surface area contributed by atoms with Crippen molar-refractivity contribution in [2.24, 2.45) is 0 Å². The molecule has 0 unspecified atom stereocenters. The Hall–Kier alpha value is -1.64. The summed E-state index contributed by atoms with van der Waals surface area (Å²) in [5.74, 6) is 1.68. The zero-order valence-corrected chi connectivity index (χ0v) is 9.28. The summed E-state index contributed by atoms with van der Waals surface area (Å²) in [4.78, 5) is 4.49. The maximum atomic E-state index is 4.49. The molecule has 2 aromatic rings. The van der Waals surface area contributed by atoms with Crippen LogP contribution in [0.5, 0.6) is 0 Å². The second kappa shape index (κ2) is 3.50. The highest BCUT2D eigenvalue weighted by Crippen LogP contribution is 2.21. The van der Waals surface area contributed by atoms with Crippen molar-refractivity contribution in [3.63, 3.8) is 0 Å². The Morgan fingerprint density at radius 3 is 2.27 bits per heavy atom. The van der Waals surface area contributed by atoms with Gasteiger partial charge in [0.05, 0.1) is 0 Å². The van der Waals surface area contributed by atoms with Crippen molar-refractivity contribution in [3.05, 3.63) is 36.2 Å². The molecule has 15 heavy (non-hydrogen) atoms. The molecule has 0 saturated carbocycles. The molecule has 1 N–H and O–H groups in total. The van der Waals surface area contributed by atoms with E-state index in [1.165, 1.54) is 0 Å². The molecule has 3 nitrogen and oxygen atoms in total. The molecule has 0 aliphatic carbocycles. The van der Waals surface area contributed by atoms with E-state index in [9.17, 15) is 0 Å². The molecule has 0 saturated heterocycles. The SMILES string of the molecule is CC(C)(C)c1nc(-c2ccccc2)n[nH]1. The van der Waals surface area contributed by atoms with Gasteiger partial charge in [-0.15, -0.1) is 0 Å². The number of benzene rings is 1. The highest BCUT2D eigenvalue weighted by atomic mass is 15.2. The largest absolute Gasteiger partial charge is 0.262 e. The summed E-state index contributed by atoms with van der Waals surface area (Å²) in [5.41, 5.74) is 1.06. The van der Waals surface area contributed by atoms with Gasteiger partial charge in [0.2, 0.25) is 0 Å². The molecule has 1 heterocycles. The summed E-state index contributed by atoms with van der Waals surface area (Å²) < 4.78 is 0. The molecule has 1 aromatic carbocycles. The summed E-state index contributed by atoms with van der Waals surface area (Å²) in [7, 11) is 0. The molecule has 0 aliphatic rings. The highest BCUT2D eigenvalue weighted by molar-refractivity contribution is 5.53. The average molecular weight is 201 g/mol. The van der Waals surface area contributed by atoms with E-state index in [4.69, 9.17) is 0 Å². The Kier molecular flexibility index (Phi) is 2.31. The van der Waals surface area contributed by atoms with E-state index in [0.29, 0.717) is 0 Å². The quantitative estimate of drug-likeness (QED) is 0.770. The van der Waals surface area contributed by atoms with Crippen molar-refractivity contribution in [2.45, 2.75) is 26.2 Å². The number of H-pyrrole nitrogens is 1. The molecule has 0 spiro atoms. The van der Waals surface area contributed by atoms with Gasteiger partial charge in [-0.25, -0.2) is 4.98 Å². The van der Waals surface area contributed by atoms with Crippen LogP contribution in [0.3, 0.4) is 0 Å². The van der Waals surface area contributed by atoms with Gasteiger partial charge >= 0.3 is 0 Å². The van der Waals surface area contributed by atoms with Gasteiger partial charge in [-0.05, 0) is 0 Å². The zero-order valence-electron chi connectivity index (χ0n) is 9.28. The first kappa shape index (κ1) is 9.90. The molecule has 78 valence electrons. The van der Waals surface area contributed by atoms with Crippen LogP contribution in [-0.4, -0.2) is 15.2 Å². The van der Waals surface area contributed by atoms with Crippen molar-refractivity contribution in [2.75, 3.05) is 0 Å². The Bertz CT molecular complexity index is 437. The lowest BCUT2D eigenvalue weighted by Gasteiger charge is -2.12. The van der Waals surface area contributed by atoms with Crippen molar-refractivity contribution in [3.8, 4) is 11.4 Å². The third-order valence-corrected chi connectivity index (χ3v) is 2.23. The number of hydrogen-bond donors (Lipinski definition) is 1. The van der Waals surface area contributed by atoms with Crippen LogP contribution < -0.4 is 0 Å². The molecule has 2 rings (SSSR count). The monoisotopic (exact) mass is 201 g/mol. The minimum atomic E-state index is 0.0139. The van der Waals surface area contributed by atoms with Crippen molar-refractivity contribution in [1.82, 2.24) is 15.2 Å². The van der Waals surface area contributed by atoms with Gasteiger partial charge in [0.25, 0.3) is 0 Å². The number of aromatic nitrogens is 3. The van der Waals surface area contributed by atoms with E-state index >= 15 is 0 Å². The van der Waals surface area contributed by atoms with Crippen LogP contribution in [-0.2, 0) is 5.41 Å². The van der Waals surface area contributed by atoms with E-state index in [0.717, 1.165) is 17.2 Å².